The molecule has 5 rings (SSSR count). The molecule has 2 fully saturated rings. The van der Waals surface area contributed by atoms with Crippen molar-refractivity contribution in [1.82, 2.24) is 24.6 Å². The molecule has 0 radical (unpaired) electrons. The van der Waals surface area contributed by atoms with Gasteiger partial charge < -0.3 is 9.88 Å². The quantitative estimate of drug-likeness (QED) is 0.732. The number of aromatic nitrogens is 4. The molecule has 2 N–H and O–H groups in total. The van der Waals surface area contributed by atoms with E-state index in [2.05, 4.69) is 26.4 Å². The Morgan fingerprint density at radius 2 is 2.04 bits per heavy atom. The second kappa shape index (κ2) is 7.05. The fourth-order valence-electron chi connectivity index (χ4n) is 4.80. The number of fused-ring (bicyclic) bond motifs is 1. The van der Waals surface area contributed by atoms with E-state index in [4.69, 9.17) is 4.98 Å². The molecule has 1 saturated heterocycles. The van der Waals surface area contributed by atoms with Crippen LogP contribution in [-0.2, 0) is 11.8 Å². The Kier molecular flexibility index (Phi) is 4.39. The van der Waals surface area contributed by atoms with E-state index in [-0.39, 0.29) is 17.7 Å². The Morgan fingerprint density at radius 1 is 1.21 bits per heavy atom. The number of aryl methyl sites for hydroxylation is 1. The van der Waals surface area contributed by atoms with Crippen LogP contribution in [0.4, 0.5) is 5.95 Å². The average molecular weight is 378 g/mol. The molecule has 2 atom stereocenters. The van der Waals surface area contributed by atoms with Gasteiger partial charge in [-0.2, -0.15) is 5.10 Å². The maximum atomic E-state index is 13.2. The number of carbonyl (C=O) groups excluding carboxylic acids is 1. The Labute approximate surface area is 164 Å². The van der Waals surface area contributed by atoms with Crippen molar-refractivity contribution in [3.8, 4) is 0 Å². The summed E-state index contributed by atoms with van der Waals surface area (Å²) in [6.07, 6.45) is 8.64. The lowest BCUT2D eigenvalue weighted by Gasteiger charge is -2.20. The predicted octanol–water partition coefficient (Wildman–Crippen LogP) is 2.83. The second-order valence-corrected chi connectivity index (χ2v) is 8.04. The molecule has 7 nitrogen and oxygen atoms in total. The van der Waals surface area contributed by atoms with Crippen molar-refractivity contribution in [1.29, 1.82) is 0 Å². The lowest BCUT2D eigenvalue weighted by atomic mass is 9.90. The molecule has 2 aromatic heterocycles. The maximum absolute atomic E-state index is 13.2. The molecule has 1 aliphatic heterocycles. The number of hydrogen-bond donors (Lipinski definition) is 2. The second-order valence-electron chi connectivity index (χ2n) is 8.04. The summed E-state index contributed by atoms with van der Waals surface area (Å²) in [7, 11) is 1.91. The highest BCUT2D eigenvalue weighted by Gasteiger charge is 2.35. The SMILES string of the molecule is Cn1cc([C@H]2CNC[C@@H]2C(=O)Nc2nc3ccccc3n2C2CCCC2)cn1. The van der Waals surface area contributed by atoms with Gasteiger partial charge >= 0.3 is 0 Å². The highest BCUT2D eigenvalue weighted by Crippen LogP contribution is 2.36. The maximum Gasteiger partial charge on any atom is 0.231 e. The van der Waals surface area contributed by atoms with Crippen molar-refractivity contribution < 1.29 is 4.79 Å². The number of amides is 1. The van der Waals surface area contributed by atoms with E-state index in [1.807, 2.05) is 37.6 Å². The summed E-state index contributed by atoms with van der Waals surface area (Å²) in [5.41, 5.74) is 3.16. The van der Waals surface area contributed by atoms with Crippen LogP contribution in [0, 0.1) is 5.92 Å². The van der Waals surface area contributed by atoms with Crippen molar-refractivity contribution >= 4 is 22.9 Å². The molecule has 1 saturated carbocycles. The molecule has 28 heavy (non-hydrogen) atoms. The fraction of sp³-hybridized carbons (Fsp3) is 0.476. The lowest BCUT2D eigenvalue weighted by molar-refractivity contribution is -0.119. The number of carbonyl (C=O) groups is 1. The van der Waals surface area contributed by atoms with Crippen molar-refractivity contribution in [2.45, 2.75) is 37.6 Å². The summed E-state index contributed by atoms with van der Waals surface area (Å²) in [6.45, 7) is 1.47. The van der Waals surface area contributed by atoms with E-state index in [1.165, 1.54) is 12.8 Å². The predicted molar refractivity (Wildman–Crippen MR) is 108 cm³/mol. The molecular weight excluding hydrogens is 352 g/mol. The Balaban J connectivity index is 1.44. The van der Waals surface area contributed by atoms with Gasteiger partial charge in [-0.25, -0.2) is 4.98 Å². The van der Waals surface area contributed by atoms with E-state index in [9.17, 15) is 4.79 Å². The molecule has 0 bridgehead atoms. The minimum atomic E-state index is -0.124. The van der Waals surface area contributed by atoms with Crippen LogP contribution >= 0.6 is 0 Å². The van der Waals surface area contributed by atoms with Crippen LogP contribution in [0.3, 0.4) is 0 Å². The summed E-state index contributed by atoms with van der Waals surface area (Å²) >= 11 is 0. The zero-order valence-electron chi connectivity index (χ0n) is 16.1. The first-order chi connectivity index (χ1) is 13.7. The first-order valence-electron chi connectivity index (χ1n) is 10.2. The molecule has 1 aromatic carbocycles. The summed E-state index contributed by atoms with van der Waals surface area (Å²) in [4.78, 5) is 18.0. The number of rotatable bonds is 4. The normalized spacial score (nSPS) is 22.9. The number of anilines is 1. The number of nitrogens with zero attached hydrogens (tertiary/aromatic N) is 4. The molecule has 7 heteroatoms. The zero-order valence-corrected chi connectivity index (χ0v) is 16.1. The minimum absolute atomic E-state index is 0.0356. The summed E-state index contributed by atoms with van der Waals surface area (Å²) < 4.78 is 4.05. The summed E-state index contributed by atoms with van der Waals surface area (Å²) in [5.74, 6) is 0.738. The summed E-state index contributed by atoms with van der Waals surface area (Å²) in [6, 6.07) is 8.58. The van der Waals surface area contributed by atoms with Crippen LogP contribution in [0.15, 0.2) is 36.7 Å². The molecule has 3 aromatic rings. The average Bonchev–Trinajstić information content (AvgIpc) is 3.46. The van der Waals surface area contributed by atoms with Crippen LogP contribution in [0.25, 0.3) is 11.0 Å². The summed E-state index contributed by atoms with van der Waals surface area (Å²) in [5, 5.41) is 10.8. The molecule has 2 aliphatic rings. The van der Waals surface area contributed by atoms with E-state index >= 15 is 0 Å². The molecule has 1 aliphatic carbocycles. The number of benzene rings is 1. The topological polar surface area (TPSA) is 76.8 Å². The van der Waals surface area contributed by atoms with Crippen molar-refractivity contribution in [3.05, 3.63) is 42.2 Å². The van der Waals surface area contributed by atoms with Crippen LogP contribution in [0.1, 0.15) is 43.2 Å². The fourth-order valence-corrected chi connectivity index (χ4v) is 4.80. The van der Waals surface area contributed by atoms with Gasteiger partial charge in [0, 0.05) is 38.3 Å². The van der Waals surface area contributed by atoms with Gasteiger partial charge in [0.05, 0.1) is 23.1 Å². The first-order valence-corrected chi connectivity index (χ1v) is 10.2. The van der Waals surface area contributed by atoms with Crippen LogP contribution < -0.4 is 10.6 Å². The molecule has 3 heterocycles. The van der Waals surface area contributed by atoms with Gasteiger partial charge in [0.2, 0.25) is 11.9 Å². The van der Waals surface area contributed by atoms with Gasteiger partial charge in [0.1, 0.15) is 0 Å². The van der Waals surface area contributed by atoms with Gasteiger partial charge in [0.15, 0.2) is 0 Å². The standard InChI is InChI=1S/C21H26N6O/c1-26-13-14(10-23-26)16-11-22-12-17(16)20(28)25-21-24-18-8-4-5-9-19(18)27(21)15-6-2-3-7-15/h4-5,8-10,13,15-17,22H,2-3,6-7,11-12H2,1H3,(H,24,25,28)/t16-,17+/m1/s1. The Morgan fingerprint density at radius 3 is 2.82 bits per heavy atom. The molecule has 0 spiro atoms. The number of para-hydroxylation sites is 2. The number of imidazole rings is 1. The number of nitrogens with one attached hydrogen (secondary N) is 2. The number of hydrogen-bond acceptors (Lipinski definition) is 4. The lowest BCUT2D eigenvalue weighted by Crippen LogP contribution is -2.29. The third-order valence-corrected chi connectivity index (χ3v) is 6.22. The van der Waals surface area contributed by atoms with Crippen molar-refractivity contribution in [3.63, 3.8) is 0 Å². The van der Waals surface area contributed by atoms with Gasteiger partial charge in [-0.1, -0.05) is 25.0 Å². The Hall–Kier alpha value is -2.67. The van der Waals surface area contributed by atoms with Crippen molar-refractivity contribution in [2.24, 2.45) is 13.0 Å². The zero-order chi connectivity index (χ0) is 19.1. The molecule has 1 amide bonds. The first kappa shape index (κ1) is 17.4. The van der Waals surface area contributed by atoms with Gasteiger partial charge in [-0.3, -0.25) is 14.8 Å². The van der Waals surface area contributed by atoms with E-state index in [0.29, 0.717) is 18.5 Å². The molecular formula is C21H26N6O. The monoisotopic (exact) mass is 378 g/mol. The third kappa shape index (κ3) is 2.99. The third-order valence-electron chi connectivity index (χ3n) is 6.22. The highest BCUT2D eigenvalue weighted by atomic mass is 16.2. The van der Waals surface area contributed by atoms with Crippen LogP contribution in [-0.4, -0.2) is 38.3 Å². The van der Waals surface area contributed by atoms with Crippen molar-refractivity contribution in [2.75, 3.05) is 18.4 Å². The van der Waals surface area contributed by atoms with Crippen LogP contribution in [0.5, 0.6) is 0 Å². The Bertz CT molecular complexity index is 999. The molecule has 0 unspecified atom stereocenters. The minimum Gasteiger partial charge on any atom is -0.315 e. The molecule has 146 valence electrons. The van der Waals surface area contributed by atoms with Crippen LogP contribution in [0.2, 0.25) is 0 Å². The largest absolute Gasteiger partial charge is 0.315 e. The van der Waals surface area contributed by atoms with E-state index in [0.717, 1.165) is 36.0 Å². The highest BCUT2D eigenvalue weighted by molar-refractivity contribution is 5.94. The van der Waals surface area contributed by atoms with E-state index < -0.39 is 0 Å². The smallest absolute Gasteiger partial charge is 0.231 e. The van der Waals surface area contributed by atoms with Gasteiger partial charge in [0.25, 0.3) is 0 Å². The van der Waals surface area contributed by atoms with Gasteiger partial charge in [-0.15, -0.1) is 0 Å². The van der Waals surface area contributed by atoms with Gasteiger partial charge in [-0.05, 0) is 30.5 Å². The van der Waals surface area contributed by atoms with E-state index in [1.54, 1.807) is 4.68 Å².